The Hall–Kier alpha value is -2.96. The van der Waals surface area contributed by atoms with Gasteiger partial charge < -0.3 is 15.2 Å². The first-order valence-corrected chi connectivity index (χ1v) is 10.6. The number of amides is 2. The van der Waals surface area contributed by atoms with Crippen molar-refractivity contribution >= 4 is 23.3 Å². The number of aromatic nitrogens is 1. The van der Waals surface area contributed by atoms with Gasteiger partial charge >= 0.3 is 0 Å². The predicted molar refractivity (Wildman–Crippen MR) is 118 cm³/mol. The van der Waals surface area contributed by atoms with Gasteiger partial charge in [0, 0.05) is 24.0 Å². The molecule has 0 spiro atoms. The fourth-order valence-electron chi connectivity index (χ4n) is 4.45. The van der Waals surface area contributed by atoms with Crippen molar-refractivity contribution in [3.8, 4) is 0 Å². The van der Waals surface area contributed by atoms with E-state index in [4.69, 9.17) is 0 Å². The Morgan fingerprint density at radius 1 is 1.06 bits per heavy atom. The van der Waals surface area contributed by atoms with E-state index in [2.05, 4.69) is 10.6 Å². The first-order chi connectivity index (χ1) is 14.5. The molecule has 1 heterocycles. The number of nitrogens with zero attached hydrogens (tertiary/aromatic N) is 1. The maximum atomic E-state index is 13.5. The highest BCUT2D eigenvalue weighted by Crippen LogP contribution is 2.28. The zero-order valence-corrected chi connectivity index (χ0v) is 18.8. The number of benzene rings is 1. The topological polar surface area (TPSA) is 80.2 Å². The van der Waals surface area contributed by atoms with Crippen LogP contribution in [-0.4, -0.2) is 27.7 Å². The molecular weight excluding hydrogens is 397 g/mol. The lowest BCUT2D eigenvalue weighted by atomic mass is 9.83. The van der Waals surface area contributed by atoms with Crippen LogP contribution in [0.3, 0.4) is 0 Å². The molecule has 31 heavy (non-hydrogen) atoms. The number of aryl methyl sites for hydroxylation is 1. The molecule has 1 aliphatic rings. The zero-order chi connectivity index (χ0) is 22.9. The third-order valence-corrected chi connectivity index (χ3v) is 6.37. The van der Waals surface area contributed by atoms with E-state index < -0.39 is 17.6 Å². The molecule has 2 aromatic rings. The second-order valence-corrected chi connectivity index (χ2v) is 8.82. The van der Waals surface area contributed by atoms with Gasteiger partial charge in [-0.1, -0.05) is 19.3 Å². The SMILES string of the molecule is Cc1cc(NC(=O)c2c(C)c(C(=O)C(=O)NC3(C)CCCCC3)n(C)c2C)ccc1F. The number of carbonyl (C=O) groups is 3. The Morgan fingerprint density at radius 2 is 1.71 bits per heavy atom. The van der Waals surface area contributed by atoms with Crippen molar-refractivity contribution in [2.24, 2.45) is 7.05 Å². The molecule has 0 saturated heterocycles. The van der Waals surface area contributed by atoms with E-state index in [0.717, 1.165) is 32.1 Å². The Morgan fingerprint density at radius 3 is 2.32 bits per heavy atom. The van der Waals surface area contributed by atoms with Gasteiger partial charge in [0.15, 0.2) is 0 Å². The summed E-state index contributed by atoms with van der Waals surface area (Å²) in [5.41, 5.74) is 2.07. The number of Topliss-reactive ketones (excluding diaryl/α,β-unsaturated/α-hetero) is 1. The van der Waals surface area contributed by atoms with Gasteiger partial charge in [-0.25, -0.2) is 4.39 Å². The highest BCUT2D eigenvalue weighted by molar-refractivity contribution is 6.43. The highest BCUT2D eigenvalue weighted by Gasteiger charge is 2.34. The first kappa shape index (κ1) is 22.7. The summed E-state index contributed by atoms with van der Waals surface area (Å²) in [5.74, 6) is -2.05. The second-order valence-electron chi connectivity index (χ2n) is 8.82. The first-order valence-electron chi connectivity index (χ1n) is 10.6. The second kappa shape index (κ2) is 8.65. The largest absolute Gasteiger partial charge is 0.344 e. The lowest BCUT2D eigenvalue weighted by Gasteiger charge is -2.34. The van der Waals surface area contributed by atoms with E-state index >= 15 is 0 Å². The van der Waals surface area contributed by atoms with E-state index in [-0.39, 0.29) is 17.1 Å². The molecule has 0 radical (unpaired) electrons. The van der Waals surface area contributed by atoms with Crippen LogP contribution in [0.1, 0.15) is 76.7 Å². The van der Waals surface area contributed by atoms with Crippen molar-refractivity contribution in [2.75, 3.05) is 5.32 Å². The van der Waals surface area contributed by atoms with Crippen LogP contribution in [0.4, 0.5) is 10.1 Å². The van der Waals surface area contributed by atoms with Crippen molar-refractivity contribution in [2.45, 2.75) is 65.3 Å². The van der Waals surface area contributed by atoms with E-state index in [1.54, 1.807) is 38.5 Å². The molecule has 1 saturated carbocycles. The Kier molecular flexibility index (Phi) is 6.34. The van der Waals surface area contributed by atoms with Gasteiger partial charge in [-0.3, -0.25) is 14.4 Å². The minimum atomic E-state index is -0.647. The van der Waals surface area contributed by atoms with E-state index in [0.29, 0.717) is 28.1 Å². The molecule has 3 rings (SSSR count). The van der Waals surface area contributed by atoms with Gasteiger partial charge in [0.25, 0.3) is 17.6 Å². The van der Waals surface area contributed by atoms with Crippen LogP contribution in [0.15, 0.2) is 18.2 Å². The van der Waals surface area contributed by atoms with Crippen LogP contribution in [0.25, 0.3) is 0 Å². The Labute approximate surface area is 182 Å². The van der Waals surface area contributed by atoms with Crippen molar-refractivity contribution < 1.29 is 18.8 Å². The summed E-state index contributed by atoms with van der Waals surface area (Å²) in [7, 11) is 1.67. The number of halogens is 1. The maximum absolute atomic E-state index is 13.5. The molecule has 1 aromatic heterocycles. The fraction of sp³-hybridized carbons (Fsp3) is 0.458. The maximum Gasteiger partial charge on any atom is 0.294 e. The lowest BCUT2D eigenvalue weighted by Crippen LogP contribution is -2.50. The molecule has 0 unspecified atom stereocenters. The molecule has 1 aliphatic carbocycles. The number of carbonyl (C=O) groups excluding carboxylic acids is 3. The number of nitrogens with one attached hydrogen (secondary N) is 2. The van der Waals surface area contributed by atoms with Crippen LogP contribution in [0.2, 0.25) is 0 Å². The van der Waals surface area contributed by atoms with E-state index in [9.17, 15) is 18.8 Å². The monoisotopic (exact) mass is 427 g/mol. The molecule has 6 nitrogen and oxygen atoms in total. The summed E-state index contributed by atoms with van der Waals surface area (Å²) < 4.78 is 15.1. The summed E-state index contributed by atoms with van der Waals surface area (Å²) in [5, 5.41) is 5.68. The minimum Gasteiger partial charge on any atom is -0.344 e. The quantitative estimate of drug-likeness (QED) is 0.549. The third-order valence-electron chi connectivity index (χ3n) is 6.37. The molecule has 0 aliphatic heterocycles. The molecule has 0 bridgehead atoms. The molecule has 2 amide bonds. The van der Waals surface area contributed by atoms with Crippen LogP contribution in [0, 0.1) is 26.6 Å². The van der Waals surface area contributed by atoms with Crippen LogP contribution < -0.4 is 10.6 Å². The summed E-state index contributed by atoms with van der Waals surface area (Å²) in [6.45, 7) is 6.99. The molecule has 1 aromatic carbocycles. The summed E-state index contributed by atoms with van der Waals surface area (Å²) in [6.07, 6.45) is 4.90. The number of hydrogen-bond donors (Lipinski definition) is 2. The molecule has 0 atom stereocenters. The molecular formula is C24H30FN3O3. The van der Waals surface area contributed by atoms with Crippen molar-refractivity contribution in [1.82, 2.24) is 9.88 Å². The van der Waals surface area contributed by atoms with Gasteiger partial charge in [0.2, 0.25) is 0 Å². The summed E-state index contributed by atoms with van der Waals surface area (Å²) in [6, 6.07) is 4.32. The van der Waals surface area contributed by atoms with Gasteiger partial charge in [0.1, 0.15) is 5.82 Å². The van der Waals surface area contributed by atoms with E-state index in [1.165, 1.54) is 12.1 Å². The Balaban J connectivity index is 1.85. The zero-order valence-electron chi connectivity index (χ0n) is 18.8. The number of hydrogen-bond acceptors (Lipinski definition) is 3. The van der Waals surface area contributed by atoms with E-state index in [1.807, 2.05) is 6.92 Å². The lowest BCUT2D eigenvalue weighted by molar-refractivity contribution is -0.119. The smallest absolute Gasteiger partial charge is 0.294 e. The predicted octanol–water partition coefficient (Wildman–Crippen LogP) is 4.36. The summed E-state index contributed by atoms with van der Waals surface area (Å²) >= 11 is 0. The van der Waals surface area contributed by atoms with Crippen molar-refractivity contribution in [1.29, 1.82) is 0 Å². The third kappa shape index (κ3) is 4.55. The van der Waals surface area contributed by atoms with Gasteiger partial charge in [-0.2, -0.15) is 0 Å². The van der Waals surface area contributed by atoms with Crippen LogP contribution in [0.5, 0.6) is 0 Å². The number of ketones is 1. The number of rotatable bonds is 5. The normalized spacial score (nSPS) is 15.4. The van der Waals surface area contributed by atoms with Crippen molar-refractivity contribution in [3.63, 3.8) is 0 Å². The van der Waals surface area contributed by atoms with Gasteiger partial charge in [-0.05, 0) is 69.9 Å². The molecule has 7 heteroatoms. The van der Waals surface area contributed by atoms with Crippen LogP contribution >= 0.6 is 0 Å². The minimum absolute atomic E-state index is 0.204. The van der Waals surface area contributed by atoms with Gasteiger partial charge in [-0.15, -0.1) is 0 Å². The molecule has 1 fully saturated rings. The fourth-order valence-corrected chi connectivity index (χ4v) is 4.45. The standard InChI is InChI=1S/C24H30FN3O3/c1-14-13-17(9-10-18(14)25)26-22(30)19-15(2)20(28(5)16(19)3)21(29)23(31)27-24(4)11-7-6-8-12-24/h9-10,13H,6-8,11-12H2,1-5H3,(H,26,30)(H,27,31). The Bertz CT molecular complexity index is 1050. The molecule has 166 valence electrons. The average Bonchev–Trinajstić information content (AvgIpc) is 2.93. The highest BCUT2D eigenvalue weighted by atomic mass is 19.1. The van der Waals surface area contributed by atoms with Gasteiger partial charge in [0.05, 0.1) is 11.3 Å². The average molecular weight is 428 g/mol. The van der Waals surface area contributed by atoms with Crippen LogP contribution in [-0.2, 0) is 11.8 Å². The number of anilines is 1. The summed E-state index contributed by atoms with van der Waals surface area (Å²) in [4.78, 5) is 38.7. The molecule has 2 N–H and O–H groups in total. The van der Waals surface area contributed by atoms with Crippen molar-refractivity contribution in [3.05, 3.63) is 52.1 Å².